The lowest BCUT2D eigenvalue weighted by atomic mass is 9.81. The van der Waals surface area contributed by atoms with E-state index in [1.54, 1.807) is 0 Å². The van der Waals surface area contributed by atoms with E-state index in [2.05, 4.69) is 75.6 Å². The average molecular weight is 587 g/mol. The molecule has 6 heteroatoms. The maximum atomic E-state index is 13.3. The van der Waals surface area contributed by atoms with E-state index in [1.165, 1.54) is 5.56 Å². The second-order valence-corrected chi connectivity index (χ2v) is 12.8. The van der Waals surface area contributed by atoms with Gasteiger partial charge in [0, 0.05) is 17.7 Å². The molecule has 6 nitrogen and oxygen atoms in total. The van der Waals surface area contributed by atoms with Crippen molar-refractivity contribution in [2.45, 2.75) is 107 Å². The first-order chi connectivity index (χ1) is 20.2. The molecule has 0 bridgehead atoms. The maximum Gasteiger partial charge on any atom is 0.337 e. The van der Waals surface area contributed by atoms with Crippen LogP contribution in [-0.4, -0.2) is 29.3 Å². The molecule has 1 atom stereocenters. The van der Waals surface area contributed by atoms with Crippen molar-refractivity contribution in [3.63, 3.8) is 0 Å². The Morgan fingerprint density at radius 3 is 1.84 bits per heavy atom. The number of urea groups is 1. The van der Waals surface area contributed by atoms with Gasteiger partial charge in [-0.1, -0.05) is 62.6 Å². The summed E-state index contributed by atoms with van der Waals surface area (Å²) in [7, 11) is 0. The average Bonchev–Trinajstić information content (AvgIpc) is 2.92. The van der Waals surface area contributed by atoms with Crippen LogP contribution in [-0.2, 0) is 9.53 Å². The van der Waals surface area contributed by atoms with Crippen molar-refractivity contribution in [2.24, 2.45) is 0 Å². The number of aryl methyl sites for hydroxylation is 4. The van der Waals surface area contributed by atoms with Crippen LogP contribution in [0.4, 0.5) is 10.5 Å². The molecule has 3 N–H and O–H groups in total. The topological polar surface area (TPSA) is 87.7 Å². The zero-order chi connectivity index (χ0) is 32.1. The Balaban J connectivity index is 2.38. The smallest absolute Gasteiger partial charge is 0.337 e. The minimum absolute atomic E-state index is 0.308. The predicted octanol–water partition coefficient (Wildman–Crippen LogP) is 9.51. The Morgan fingerprint density at radius 1 is 0.791 bits per heavy atom. The predicted molar refractivity (Wildman–Crippen MR) is 178 cm³/mol. The summed E-state index contributed by atoms with van der Waals surface area (Å²) in [4.78, 5) is 26.2. The minimum atomic E-state index is -1.25. The van der Waals surface area contributed by atoms with Crippen LogP contribution in [0.1, 0.15) is 98.4 Å². The summed E-state index contributed by atoms with van der Waals surface area (Å²) in [5, 5.41) is 16.7. The SMILES string of the molecule is CCCCCCNC(=O)Nc1c(C)c(C(OC(C)(C)C)C(=O)O)c(-c2ccc(C)c(C)c2)c(C)c1-c1ccc(C)c(C)c1. The molecule has 3 aromatic rings. The zero-order valence-electron chi connectivity index (χ0n) is 27.7. The lowest BCUT2D eigenvalue weighted by Gasteiger charge is -2.31. The summed E-state index contributed by atoms with van der Waals surface area (Å²) in [6.45, 7) is 20.5. The number of anilines is 1. The minimum Gasteiger partial charge on any atom is -0.479 e. The summed E-state index contributed by atoms with van der Waals surface area (Å²) in [6.07, 6.45) is 2.97. The molecule has 0 radical (unpaired) electrons. The summed E-state index contributed by atoms with van der Waals surface area (Å²) < 4.78 is 6.25. The van der Waals surface area contributed by atoms with E-state index < -0.39 is 17.7 Å². The van der Waals surface area contributed by atoms with Gasteiger partial charge in [0.1, 0.15) is 0 Å². The van der Waals surface area contributed by atoms with E-state index in [0.29, 0.717) is 23.4 Å². The summed E-state index contributed by atoms with van der Waals surface area (Å²) in [6, 6.07) is 12.2. The Bertz CT molecular complexity index is 1480. The van der Waals surface area contributed by atoms with Crippen LogP contribution in [0.2, 0.25) is 0 Å². The Hall–Kier alpha value is -3.64. The molecule has 2 amide bonds. The highest BCUT2D eigenvalue weighted by molar-refractivity contribution is 6.01. The number of carbonyl (C=O) groups excluding carboxylic acids is 1. The third-order valence-corrected chi connectivity index (χ3v) is 8.15. The van der Waals surface area contributed by atoms with E-state index in [9.17, 15) is 14.7 Å². The molecule has 232 valence electrons. The molecule has 1 unspecified atom stereocenters. The molecule has 0 fully saturated rings. The number of unbranched alkanes of at least 4 members (excludes halogenated alkanes) is 3. The summed E-state index contributed by atoms with van der Waals surface area (Å²) >= 11 is 0. The Labute approximate surface area is 258 Å². The molecule has 0 saturated carbocycles. The number of carbonyl (C=O) groups is 2. The number of benzene rings is 3. The third kappa shape index (κ3) is 8.26. The van der Waals surface area contributed by atoms with Crippen LogP contribution in [0.25, 0.3) is 22.3 Å². The van der Waals surface area contributed by atoms with Gasteiger partial charge < -0.3 is 20.5 Å². The standard InChI is InChI=1S/C37H50N2O4/c1-11-12-13-14-19-38-36(42)39-33-27(7)32(34(35(40)41)43-37(8,9)10)30(28-17-15-22(2)24(4)20-28)26(6)31(33)29-18-16-23(3)25(5)21-29/h15-18,20-21,34H,11-14,19H2,1-10H3,(H,40,41)(H2,38,39,42). The number of aliphatic carboxylic acids is 1. The van der Waals surface area contributed by atoms with E-state index in [1.807, 2.05) is 40.7 Å². The quantitative estimate of drug-likeness (QED) is 0.195. The fraction of sp³-hybridized carbons (Fsp3) is 0.459. The maximum absolute atomic E-state index is 13.3. The van der Waals surface area contributed by atoms with Crippen LogP contribution in [0.15, 0.2) is 36.4 Å². The number of ether oxygens (including phenoxy) is 1. The van der Waals surface area contributed by atoms with Gasteiger partial charge >= 0.3 is 12.0 Å². The molecule has 0 heterocycles. The molecular formula is C37H50N2O4. The molecule has 43 heavy (non-hydrogen) atoms. The normalized spacial score (nSPS) is 12.2. The molecule has 0 spiro atoms. The first-order valence-corrected chi connectivity index (χ1v) is 15.4. The highest BCUT2D eigenvalue weighted by Crippen LogP contribution is 2.47. The second kappa shape index (κ2) is 14.2. The lowest BCUT2D eigenvalue weighted by molar-refractivity contribution is -0.160. The molecular weight excluding hydrogens is 536 g/mol. The molecule has 3 rings (SSSR count). The summed E-state index contributed by atoms with van der Waals surface area (Å²) in [5.41, 5.74) is 10.1. The van der Waals surface area contributed by atoms with Crippen molar-refractivity contribution in [3.8, 4) is 22.3 Å². The molecule has 0 aliphatic heterocycles. The Kier molecular flexibility index (Phi) is 11.2. The van der Waals surface area contributed by atoms with Gasteiger partial charge in [0.15, 0.2) is 6.10 Å². The zero-order valence-corrected chi connectivity index (χ0v) is 27.7. The van der Waals surface area contributed by atoms with Gasteiger partial charge in [-0.2, -0.15) is 0 Å². The molecule has 0 aromatic heterocycles. The van der Waals surface area contributed by atoms with Gasteiger partial charge in [-0.3, -0.25) is 0 Å². The van der Waals surface area contributed by atoms with E-state index in [0.717, 1.165) is 70.2 Å². The van der Waals surface area contributed by atoms with Crippen LogP contribution in [0, 0.1) is 41.5 Å². The molecule has 0 saturated heterocycles. The second-order valence-electron chi connectivity index (χ2n) is 12.8. The van der Waals surface area contributed by atoms with Crippen molar-refractivity contribution >= 4 is 17.7 Å². The number of carboxylic acids is 1. The van der Waals surface area contributed by atoms with Crippen LogP contribution >= 0.6 is 0 Å². The Morgan fingerprint density at radius 2 is 1.35 bits per heavy atom. The van der Waals surface area contributed by atoms with Crippen LogP contribution in [0.5, 0.6) is 0 Å². The monoisotopic (exact) mass is 586 g/mol. The fourth-order valence-electron chi connectivity index (χ4n) is 5.53. The van der Waals surface area contributed by atoms with Crippen molar-refractivity contribution < 1.29 is 19.4 Å². The first kappa shape index (κ1) is 33.9. The number of hydrogen-bond acceptors (Lipinski definition) is 3. The van der Waals surface area contributed by atoms with Crippen molar-refractivity contribution in [2.75, 3.05) is 11.9 Å². The van der Waals surface area contributed by atoms with Gasteiger partial charge in [0.05, 0.1) is 11.3 Å². The number of rotatable bonds is 11. The van der Waals surface area contributed by atoms with Gasteiger partial charge in [0.2, 0.25) is 0 Å². The molecule has 0 aliphatic rings. The number of hydrogen-bond donors (Lipinski definition) is 3. The van der Waals surface area contributed by atoms with Gasteiger partial charge in [-0.25, -0.2) is 9.59 Å². The van der Waals surface area contributed by atoms with Crippen LogP contribution < -0.4 is 10.6 Å². The molecule has 0 aliphatic carbocycles. The highest BCUT2D eigenvalue weighted by Gasteiger charge is 2.34. The number of nitrogens with one attached hydrogen (secondary N) is 2. The van der Waals surface area contributed by atoms with Gasteiger partial charge in [0.25, 0.3) is 0 Å². The third-order valence-electron chi connectivity index (χ3n) is 8.15. The first-order valence-electron chi connectivity index (χ1n) is 15.4. The lowest BCUT2D eigenvalue weighted by Crippen LogP contribution is -2.31. The number of carboxylic acid groups (broad SMARTS) is 1. The van der Waals surface area contributed by atoms with Crippen LogP contribution in [0.3, 0.4) is 0 Å². The van der Waals surface area contributed by atoms with Crippen molar-refractivity contribution in [1.29, 1.82) is 0 Å². The fourth-order valence-corrected chi connectivity index (χ4v) is 5.53. The van der Waals surface area contributed by atoms with Gasteiger partial charge in [-0.05, 0) is 119 Å². The molecule has 3 aromatic carbocycles. The highest BCUT2D eigenvalue weighted by atomic mass is 16.5. The van der Waals surface area contributed by atoms with Crippen molar-refractivity contribution in [1.82, 2.24) is 5.32 Å². The van der Waals surface area contributed by atoms with Gasteiger partial charge in [-0.15, -0.1) is 0 Å². The number of amides is 2. The largest absolute Gasteiger partial charge is 0.479 e. The van der Waals surface area contributed by atoms with E-state index >= 15 is 0 Å². The van der Waals surface area contributed by atoms with Crippen molar-refractivity contribution in [3.05, 3.63) is 75.3 Å². The van der Waals surface area contributed by atoms with E-state index in [-0.39, 0.29) is 6.03 Å². The van der Waals surface area contributed by atoms with E-state index in [4.69, 9.17) is 4.74 Å². The summed E-state index contributed by atoms with van der Waals surface area (Å²) in [5.74, 6) is -1.08.